The molecule has 0 unspecified atom stereocenters. The highest BCUT2D eigenvalue weighted by molar-refractivity contribution is 6.07. The summed E-state index contributed by atoms with van der Waals surface area (Å²) >= 11 is 0. The van der Waals surface area contributed by atoms with Gasteiger partial charge in [-0.1, -0.05) is 36.4 Å². The molecule has 5 heteroatoms. The summed E-state index contributed by atoms with van der Waals surface area (Å²) in [6, 6.07) is 13.9. The molecule has 1 N–H and O–H groups in total. The van der Waals surface area contributed by atoms with Crippen molar-refractivity contribution in [2.75, 3.05) is 26.8 Å². The molecule has 1 aliphatic heterocycles. The van der Waals surface area contributed by atoms with Gasteiger partial charge in [-0.15, -0.1) is 0 Å². The molecular weight excluding hydrogens is 304 g/mol. The number of amides is 2. The highest BCUT2D eigenvalue weighted by Crippen LogP contribution is 2.21. The van der Waals surface area contributed by atoms with Crippen molar-refractivity contribution >= 4 is 22.6 Å². The van der Waals surface area contributed by atoms with Gasteiger partial charge >= 0.3 is 0 Å². The van der Waals surface area contributed by atoms with Gasteiger partial charge in [-0.2, -0.15) is 0 Å². The van der Waals surface area contributed by atoms with Gasteiger partial charge in [0.05, 0.1) is 0 Å². The number of carbonyl (C=O) groups excluding carboxylic acids is 2. The van der Waals surface area contributed by atoms with Crippen LogP contribution in [0.25, 0.3) is 10.8 Å². The number of hydrogen-bond donors (Lipinski definition) is 1. The Bertz CT molecular complexity index is 731. The van der Waals surface area contributed by atoms with Crippen LogP contribution in [0.5, 0.6) is 0 Å². The van der Waals surface area contributed by atoms with Gasteiger partial charge in [-0.05, 0) is 29.7 Å². The zero-order valence-electron chi connectivity index (χ0n) is 13.8. The number of benzene rings is 2. The lowest BCUT2D eigenvalue weighted by Crippen LogP contribution is -2.47. The predicted molar refractivity (Wildman–Crippen MR) is 92.9 cm³/mol. The second-order valence-electron chi connectivity index (χ2n) is 6.09. The first-order chi connectivity index (χ1) is 11.7. The Morgan fingerprint density at radius 2 is 1.83 bits per heavy atom. The molecule has 0 spiro atoms. The average Bonchev–Trinajstić information content (AvgIpc) is 2.61. The maximum absolute atomic E-state index is 12.9. The summed E-state index contributed by atoms with van der Waals surface area (Å²) in [4.78, 5) is 26.3. The van der Waals surface area contributed by atoms with Crippen molar-refractivity contribution in [3.8, 4) is 0 Å². The molecule has 1 aliphatic rings. The van der Waals surface area contributed by atoms with E-state index in [2.05, 4.69) is 5.32 Å². The molecule has 0 radical (unpaired) electrons. The fourth-order valence-corrected chi connectivity index (χ4v) is 3.21. The van der Waals surface area contributed by atoms with Crippen LogP contribution in [-0.4, -0.2) is 49.6 Å². The molecule has 3 rings (SSSR count). The maximum Gasteiger partial charge on any atom is 0.254 e. The zero-order chi connectivity index (χ0) is 16.9. The molecule has 0 saturated carbocycles. The summed E-state index contributed by atoms with van der Waals surface area (Å²) in [6.45, 7) is 1.38. The monoisotopic (exact) mass is 326 g/mol. The van der Waals surface area contributed by atoms with Gasteiger partial charge in [0.15, 0.2) is 0 Å². The molecule has 0 atom stereocenters. The van der Waals surface area contributed by atoms with Crippen molar-refractivity contribution in [1.29, 1.82) is 0 Å². The molecule has 24 heavy (non-hydrogen) atoms. The smallest absolute Gasteiger partial charge is 0.254 e. The minimum atomic E-state index is -0.101. The Labute approximate surface area is 141 Å². The number of piperidine rings is 1. The van der Waals surface area contributed by atoms with Gasteiger partial charge in [0.2, 0.25) is 5.91 Å². The SMILES string of the molecule is COCC(=O)NC1CCN(C(=O)c2cccc3ccccc23)CC1. The van der Waals surface area contributed by atoms with E-state index in [1.807, 2.05) is 47.4 Å². The van der Waals surface area contributed by atoms with Crippen LogP contribution in [0.3, 0.4) is 0 Å². The van der Waals surface area contributed by atoms with Gasteiger partial charge in [0.25, 0.3) is 5.91 Å². The fourth-order valence-electron chi connectivity index (χ4n) is 3.21. The van der Waals surface area contributed by atoms with Gasteiger partial charge < -0.3 is 15.0 Å². The lowest BCUT2D eigenvalue weighted by molar-refractivity contribution is -0.125. The van der Waals surface area contributed by atoms with Gasteiger partial charge in [0, 0.05) is 31.8 Å². The lowest BCUT2D eigenvalue weighted by atomic mass is 10.0. The van der Waals surface area contributed by atoms with E-state index in [0.29, 0.717) is 13.1 Å². The highest BCUT2D eigenvalue weighted by atomic mass is 16.5. The first kappa shape index (κ1) is 16.5. The maximum atomic E-state index is 12.9. The Balaban J connectivity index is 1.66. The van der Waals surface area contributed by atoms with Crippen LogP contribution in [0.4, 0.5) is 0 Å². The molecule has 126 valence electrons. The number of likely N-dealkylation sites (tertiary alicyclic amines) is 1. The quantitative estimate of drug-likeness (QED) is 0.937. The lowest BCUT2D eigenvalue weighted by Gasteiger charge is -2.32. The van der Waals surface area contributed by atoms with Gasteiger partial charge in [-0.25, -0.2) is 0 Å². The minimum Gasteiger partial charge on any atom is -0.375 e. The summed E-state index contributed by atoms with van der Waals surface area (Å²) in [5, 5.41) is 5.01. The third kappa shape index (κ3) is 3.57. The van der Waals surface area contributed by atoms with E-state index < -0.39 is 0 Å². The normalized spacial score (nSPS) is 15.5. The van der Waals surface area contributed by atoms with Crippen LogP contribution in [0.2, 0.25) is 0 Å². The van der Waals surface area contributed by atoms with Crippen molar-refractivity contribution in [3.05, 3.63) is 48.0 Å². The minimum absolute atomic E-state index is 0.0634. The van der Waals surface area contributed by atoms with Crippen LogP contribution in [0.1, 0.15) is 23.2 Å². The largest absolute Gasteiger partial charge is 0.375 e. The highest BCUT2D eigenvalue weighted by Gasteiger charge is 2.25. The Morgan fingerprint density at radius 1 is 1.12 bits per heavy atom. The third-order valence-corrected chi connectivity index (χ3v) is 4.44. The number of carbonyl (C=O) groups is 2. The van der Waals surface area contributed by atoms with E-state index in [1.165, 1.54) is 7.11 Å². The van der Waals surface area contributed by atoms with Gasteiger partial charge in [0.1, 0.15) is 6.61 Å². The number of rotatable bonds is 4. The summed E-state index contributed by atoms with van der Waals surface area (Å²) in [5.74, 6) is -0.0372. The molecule has 2 amide bonds. The molecular formula is C19H22N2O3. The zero-order valence-corrected chi connectivity index (χ0v) is 13.8. The van der Waals surface area contributed by atoms with Crippen LogP contribution in [0.15, 0.2) is 42.5 Å². The van der Waals surface area contributed by atoms with E-state index in [4.69, 9.17) is 4.74 Å². The summed E-state index contributed by atoms with van der Waals surface area (Å²) < 4.78 is 4.83. The molecule has 1 heterocycles. The molecule has 1 saturated heterocycles. The Hall–Kier alpha value is -2.40. The number of methoxy groups -OCH3 is 1. The average molecular weight is 326 g/mol. The second-order valence-corrected chi connectivity index (χ2v) is 6.09. The van der Waals surface area contributed by atoms with Crippen molar-refractivity contribution in [1.82, 2.24) is 10.2 Å². The number of fused-ring (bicyclic) bond motifs is 1. The van der Waals surface area contributed by atoms with Crippen LogP contribution >= 0.6 is 0 Å². The van der Waals surface area contributed by atoms with Crippen molar-refractivity contribution in [2.45, 2.75) is 18.9 Å². The Kier molecular flexibility index (Phi) is 5.11. The summed E-state index contributed by atoms with van der Waals surface area (Å²) in [6.07, 6.45) is 1.54. The first-order valence-corrected chi connectivity index (χ1v) is 8.24. The molecule has 0 aromatic heterocycles. The molecule has 0 aliphatic carbocycles. The molecule has 5 nitrogen and oxygen atoms in total. The third-order valence-electron chi connectivity index (χ3n) is 4.44. The molecule has 2 aromatic carbocycles. The standard InChI is InChI=1S/C19H22N2O3/c1-24-13-18(22)20-15-9-11-21(12-10-15)19(23)17-8-4-6-14-5-2-3-7-16(14)17/h2-8,15H,9-13H2,1H3,(H,20,22). The Morgan fingerprint density at radius 3 is 2.58 bits per heavy atom. The molecule has 1 fully saturated rings. The second kappa shape index (κ2) is 7.45. The van der Waals surface area contributed by atoms with Crippen LogP contribution in [0, 0.1) is 0 Å². The van der Waals surface area contributed by atoms with Gasteiger partial charge in [-0.3, -0.25) is 9.59 Å². The number of hydrogen-bond acceptors (Lipinski definition) is 3. The topological polar surface area (TPSA) is 58.6 Å². The van der Waals surface area contributed by atoms with E-state index >= 15 is 0 Å². The van der Waals surface area contributed by atoms with E-state index in [1.54, 1.807) is 0 Å². The van der Waals surface area contributed by atoms with Crippen molar-refractivity contribution in [2.24, 2.45) is 0 Å². The van der Waals surface area contributed by atoms with Crippen LogP contribution < -0.4 is 5.32 Å². The van der Waals surface area contributed by atoms with E-state index in [9.17, 15) is 9.59 Å². The number of ether oxygens (including phenoxy) is 1. The van der Waals surface area contributed by atoms with Crippen LogP contribution in [-0.2, 0) is 9.53 Å². The number of nitrogens with zero attached hydrogens (tertiary/aromatic N) is 1. The number of nitrogens with one attached hydrogen (secondary N) is 1. The summed E-state index contributed by atoms with van der Waals surface area (Å²) in [7, 11) is 1.50. The van der Waals surface area contributed by atoms with Crippen molar-refractivity contribution in [3.63, 3.8) is 0 Å². The van der Waals surface area contributed by atoms with E-state index in [0.717, 1.165) is 29.2 Å². The first-order valence-electron chi connectivity index (χ1n) is 8.24. The summed E-state index contributed by atoms with van der Waals surface area (Å²) in [5.41, 5.74) is 0.745. The predicted octanol–water partition coefficient (Wildman–Crippen LogP) is 2.21. The van der Waals surface area contributed by atoms with E-state index in [-0.39, 0.29) is 24.5 Å². The molecule has 2 aromatic rings. The fraction of sp³-hybridized carbons (Fsp3) is 0.368. The molecule has 0 bridgehead atoms. The van der Waals surface area contributed by atoms with Crippen molar-refractivity contribution < 1.29 is 14.3 Å².